The third-order valence-electron chi connectivity index (χ3n) is 3.31. The van der Waals surface area contributed by atoms with Gasteiger partial charge in [0, 0.05) is 19.7 Å². The van der Waals surface area contributed by atoms with Gasteiger partial charge in [0.25, 0.3) is 0 Å². The topological polar surface area (TPSA) is 85.1 Å². The Labute approximate surface area is 121 Å². The molecule has 0 aliphatic heterocycles. The number of nitrogen functional groups attached to an aromatic ring is 1. The van der Waals surface area contributed by atoms with Crippen molar-refractivity contribution in [1.82, 2.24) is 9.97 Å². The number of nitrogens with one attached hydrogen (secondary N) is 2. The Hall–Kier alpha value is -1.40. The van der Waals surface area contributed by atoms with E-state index < -0.39 is 0 Å². The smallest absolute Gasteiger partial charge is 0.158 e. The minimum Gasteiger partial charge on any atom is -0.377 e. The highest BCUT2D eigenvalue weighted by molar-refractivity contribution is 5.46. The third-order valence-corrected chi connectivity index (χ3v) is 3.31. The van der Waals surface area contributed by atoms with E-state index in [2.05, 4.69) is 34.6 Å². The lowest BCUT2D eigenvalue weighted by molar-refractivity contribution is 0.178. The van der Waals surface area contributed by atoms with Crippen molar-refractivity contribution in [3.63, 3.8) is 0 Å². The maximum atomic E-state index is 5.42. The number of hydrogen-bond donors (Lipinski definition) is 3. The summed E-state index contributed by atoms with van der Waals surface area (Å²) in [6.07, 6.45) is 4.93. The van der Waals surface area contributed by atoms with Crippen LogP contribution in [-0.2, 0) is 11.3 Å². The van der Waals surface area contributed by atoms with Crippen molar-refractivity contribution in [2.75, 3.05) is 24.4 Å². The van der Waals surface area contributed by atoms with Crippen molar-refractivity contribution in [3.8, 4) is 0 Å². The lowest BCUT2D eigenvalue weighted by Crippen LogP contribution is -2.17. The molecule has 0 bridgehead atoms. The fourth-order valence-corrected chi connectivity index (χ4v) is 2.05. The van der Waals surface area contributed by atoms with Gasteiger partial charge in [0.05, 0.1) is 0 Å². The molecule has 20 heavy (non-hydrogen) atoms. The van der Waals surface area contributed by atoms with Gasteiger partial charge in [-0.2, -0.15) is 0 Å². The van der Waals surface area contributed by atoms with Crippen LogP contribution in [0.2, 0.25) is 0 Å². The molecule has 0 aromatic carbocycles. The maximum absolute atomic E-state index is 5.42. The summed E-state index contributed by atoms with van der Waals surface area (Å²) in [5.41, 5.74) is 2.56. The van der Waals surface area contributed by atoms with E-state index in [-0.39, 0.29) is 0 Å². The Balaban J connectivity index is 2.63. The van der Waals surface area contributed by atoms with Crippen LogP contribution >= 0.6 is 0 Å². The van der Waals surface area contributed by atoms with Crippen LogP contribution in [0.1, 0.15) is 45.4 Å². The third kappa shape index (κ3) is 5.71. The van der Waals surface area contributed by atoms with E-state index in [9.17, 15) is 0 Å². The first-order chi connectivity index (χ1) is 9.73. The highest BCUT2D eigenvalue weighted by atomic mass is 16.5. The zero-order valence-corrected chi connectivity index (χ0v) is 12.8. The molecule has 1 rings (SSSR count). The number of aromatic nitrogens is 2. The standard InChI is InChI=1S/C14H27N5O/c1-4-6-7-11(5-2)9-16-12-8-13(19-15)18-14(17-12)10-20-3/h8,11H,4-7,9-10,15H2,1-3H3,(H2,16,17,18,19). The first kappa shape index (κ1) is 16.7. The molecule has 1 aromatic heterocycles. The van der Waals surface area contributed by atoms with Gasteiger partial charge in [0.1, 0.15) is 18.2 Å². The van der Waals surface area contributed by atoms with Crippen LogP contribution in [0, 0.1) is 5.92 Å². The summed E-state index contributed by atoms with van der Waals surface area (Å²) in [4.78, 5) is 8.64. The normalized spacial score (nSPS) is 12.2. The number of anilines is 2. The van der Waals surface area contributed by atoms with Crippen LogP contribution in [0.5, 0.6) is 0 Å². The summed E-state index contributed by atoms with van der Waals surface area (Å²) in [5, 5.41) is 3.38. The summed E-state index contributed by atoms with van der Waals surface area (Å²) in [6, 6.07) is 1.81. The van der Waals surface area contributed by atoms with Gasteiger partial charge in [-0.3, -0.25) is 0 Å². The number of nitrogens with two attached hydrogens (primary N) is 1. The number of ether oxygens (including phenoxy) is 1. The van der Waals surface area contributed by atoms with E-state index in [0.29, 0.717) is 24.2 Å². The average molecular weight is 281 g/mol. The van der Waals surface area contributed by atoms with E-state index in [1.165, 1.54) is 25.7 Å². The molecule has 4 N–H and O–H groups in total. The summed E-state index contributed by atoms with van der Waals surface area (Å²) in [5.74, 6) is 8.09. The Bertz CT molecular complexity index is 386. The zero-order chi connectivity index (χ0) is 14.8. The first-order valence-corrected chi connectivity index (χ1v) is 7.30. The minimum absolute atomic E-state index is 0.372. The van der Waals surface area contributed by atoms with Crippen molar-refractivity contribution in [2.45, 2.75) is 46.1 Å². The number of rotatable bonds is 10. The lowest BCUT2D eigenvalue weighted by atomic mass is 9.99. The first-order valence-electron chi connectivity index (χ1n) is 7.30. The zero-order valence-electron chi connectivity index (χ0n) is 12.8. The molecule has 6 nitrogen and oxygen atoms in total. The monoisotopic (exact) mass is 281 g/mol. The second kappa shape index (κ2) is 9.50. The number of unbranched alkanes of at least 4 members (excludes halogenated alkanes) is 1. The Morgan fingerprint density at radius 3 is 2.65 bits per heavy atom. The summed E-state index contributed by atoms with van der Waals surface area (Å²) in [7, 11) is 1.62. The van der Waals surface area contributed by atoms with E-state index in [1.54, 1.807) is 7.11 Å². The van der Waals surface area contributed by atoms with Gasteiger partial charge >= 0.3 is 0 Å². The number of hydrogen-bond acceptors (Lipinski definition) is 6. The van der Waals surface area contributed by atoms with Crippen LogP contribution < -0.4 is 16.6 Å². The molecule has 0 saturated heterocycles. The van der Waals surface area contributed by atoms with Crippen molar-refractivity contribution in [1.29, 1.82) is 0 Å². The van der Waals surface area contributed by atoms with Gasteiger partial charge in [-0.05, 0) is 12.3 Å². The predicted molar refractivity (Wildman–Crippen MR) is 82.4 cm³/mol. The van der Waals surface area contributed by atoms with E-state index in [1.807, 2.05) is 6.07 Å². The molecule has 6 heteroatoms. The average Bonchev–Trinajstić information content (AvgIpc) is 2.47. The molecule has 1 heterocycles. The highest BCUT2D eigenvalue weighted by Crippen LogP contribution is 2.15. The molecule has 114 valence electrons. The molecule has 0 aliphatic carbocycles. The van der Waals surface area contributed by atoms with Crippen LogP contribution in [0.3, 0.4) is 0 Å². The van der Waals surface area contributed by atoms with E-state index >= 15 is 0 Å². The SMILES string of the molecule is CCCCC(CC)CNc1cc(NN)nc(COC)n1. The summed E-state index contributed by atoms with van der Waals surface area (Å²) in [6.45, 7) is 5.74. The van der Waals surface area contributed by atoms with Crippen molar-refractivity contribution in [2.24, 2.45) is 11.8 Å². The van der Waals surface area contributed by atoms with Gasteiger partial charge in [-0.1, -0.05) is 33.1 Å². The van der Waals surface area contributed by atoms with Crippen molar-refractivity contribution >= 4 is 11.6 Å². The molecule has 0 saturated carbocycles. The molecule has 0 amide bonds. The predicted octanol–water partition coefficient (Wildman–Crippen LogP) is 2.54. The molecule has 0 aliphatic rings. The molecular formula is C14H27N5O. The van der Waals surface area contributed by atoms with Gasteiger partial charge in [0.2, 0.25) is 0 Å². The van der Waals surface area contributed by atoms with Crippen LogP contribution in [0.25, 0.3) is 0 Å². The second-order valence-corrected chi connectivity index (χ2v) is 4.93. The molecular weight excluding hydrogens is 254 g/mol. The summed E-state index contributed by atoms with van der Waals surface area (Å²) >= 11 is 0. The van der Waals surface area contributed by atoms with Gasteiger partial charge in [-0.15, -0.1) is 0 Å². The number of nitrogens with zero attached hydrogens (tertiary/aromatic N) is 2. The minimum atomic E-state index is 0.372. The molecule has 1 unspecified atom stereocenters. The quantitative estimate of drug-likeness (QED) is 0.451. The molecule has 1 aromatic rings. The second-order valence-electron chi connectivity index (χ2n) is 4.93. The fourth-order valence-electron chi connectivity index (χ4n) is 2.05. The Kier molecular flexibility index (Phi) is 7.91. The van der Waals surface area contributed by atoms with Crippen LogP contribution in [-0.4, -0.2) is 23.6 Å². The lowest BCUT2D eigenvalue weighted by Gasteiger charge is -2.16. The molecule has 0 fully saturated rings. The maximum Gasteiger partial charge on any atom is 0.158 e. The molecule has 0 radical (unpaired) electrons. The van der Waals surface area contributed by atoms with Gasteiger partial charge < -0.3 is 15.5 Å². The largest absolute Gasteiger partial charge is 0.377 e. The highest BCUT2D eigenvalue weighted by Gasteiger charge is 2.08. The van der Waals surface area contributed by atoms with Gasteiger partial charge in [-0.25, -0.2) is 15.8 Å². The van der Waals surface area contributed by atoms with Crippen LogP contribution in [0.4, 0.5) is 11.6 Å². The Morgan fingerprint density at radius 1 is 1.30 bits per heavy atom. The van der Waals surface area contributed by atoms with Crippen molar-refractivity contribution in [3.05, 3.63) is 11.9 Å². The number of methoxy groups -OCH3 is 1. The van der Waals surface area contributed by atoms with Crippen molar-refractivity contribution < 1.29 is 4.74 Å². The fraction of sp³-hybridized carbons (Fsp3) is 0.714. The molecule has 0 spiro atoms. The molecule has 1 atom stereocenters. The van der Waals surface area contributed by atoms with E-state index in [4.69, 9.17) is 10.6 Å². The number of hydrazine groups is 1. The van der Waals surface area contributed by atoms with Gasteiger partial charge in [0.15, 0.2) is 5.82 Å². The summed E-state index contributed by atoms with van der Waals surface area (Å²) < 4.78 is 5.06. The van der Waals surface area contributed by atoms with Crippen LogP contribution in [0.15, 0.2) is 6.07 Å². The van der Waals surface area contributed by atoms with E-state index in [0.717, 1.165) is 12.4 Å². The Morgan fingerprint density at radius 2 is 2.05 bits per heavy atom.